The van der Waals surface area contributed by atoms with Crippen molar-refractivity contribution in [3.63, 3.8) is 0 Å². The Bertz CT molecular complexity index is 965. The predicted octanol–water partition coefficient (Wildman–Crippen LogP) is 8.23. The van der Waals surface area contributed by atoms with E-state index in [1.165, 1.54) is 141 Å². The summed E-state index contributed by atoms with van der Waals surface area (Å²) < 4.78 is 0. The Morgan fingerprint density at radius 2 is 0.763 bits per heavy atom. The van der Waals surface area contributed by atoms with Crippen molar-refractivity contribution in [1.29, 1.82) is 0 Å². The maximum atomic E-state index is 13.2. The summed E-state index contributed by atoms with van der Waals surface area (Å²) in [4.78, 5) is 60.9. The molecule has 8 N–H and O–H groups in total. The molecule has 0 aliphatic carbocycles. The average molecular weight is 849 g/mol. The second-order valence-electron chi connectivity index (χ2n) is 16.6. The van der Waals surface area contributed by atoms with Crippen LogP contribution in [0.2, 0.25) is 0 Å². The van der Waals surface area contributed by atoms with Crippen molar-refractivity contribution in [2.45, 2.75) is 264 Å². The van der Waals surface area contributed by atoms with Gasteiger partial charge in [-0.15, -0.1) is 0 Å². The van der Waals surface area contributed by atoms with Crippen LogP contribution in [0.1, 0.15) is 253 Å². The minimum Gasteiger partial charge on any atom is -1.00 e. The van der Waals surface area contributed by atoms with Crippen LogP contribution in [0.4, 0.5) is 0 Å². The van der Waals surface area contributed by atoms with Crippen molar-refractivity contribution in [1.82, 2.24) is 4.90 Å². The van der Waals surface area contributed by atoms with Crippen molar-refractivity contribution >= 4 is 29.7 Å². The molecule has 0 fully saturated rings. The molecule has 0 aliphatic heterocycles. The number of nitrogens with two attached hydrogens (primary N) is 3. The van der Waals surface area contributed by atoms with Gasteiger partial charge in [0.25, 0.3) is 0 Å². The first-order chi connectivity index (χ1) is 28.0. The van der Waals surface area contributed by atoms with Crippen LogP contribution < -0.4 is 46.8 Å². The molecule has 0 saturated carbocycles. The molecule has 344 valence electrons. The van der Waals surface area contributed by atoms with E-state index in [0.717, 1.165) is 56.3 Å². The van der Waals surface area contributed by atoms with Crippen LogP contribution in [-0.2, 0) is 24.0 Å². The molecule has 0 radical (unpaired) electrons. The molecule has 0 rings (SSSR count). The van der Waals surface area contributed by atoms with Gasteiger partial charge in [0.1, 0.15) is 12.1 Å². The fourth-order valence-corrected chi connectivity index (χ4v) is 7.30. The van der Waals surface area contributed by atoms with E-state index in [4.69, 9.17) is 22.3 Å². The molecule has 0 aromatic carbocycles. The second kappa shape index (κ2) is 47.5. The summed E-state index contributed by atoms with van der Waals surface area (Å²) in [6, 6.07) is -2.06. The predicted molar refractivity (Wildman–Crippen MR) is 240 cm³/mol. The summed E-state index contributed by atoms with van der Waals surface area (Å²) in [6.07, 6.45) is 38.8. The van der Waals surface area contributed by atoms with Crippen molar-refractivity contribution < 1.29 is 65.2 Å². The molecule has 0 aliphatic rings. The summed E-state index contributed by atoms with van der Waals surface area (Å²) in [5.41, 5.74) is 15.7. The Morgan fingerprint density at radius 1 is 0.458 bits per heavy atom. The van der Waals surface area contributed by atoms with Gasteiger partial charge in [-0.25, -0.2) is 4.79 Å². The standard InChI is InChI=1S/C41H78N2O5.C6H14N2O2.Na.H/c1-3-5-7-9-11-13-15-17-19-21-23-25-27-29-31-33-39(45)43(37(41(47)48)35-36-38(42)44)40(46)34-32-30-28-26-24-22-20-18-16-14-12-10-8-6-4-2;7-4-2-1-3-5(8)6(9)10;;/h37H,3-36H2,1-2H3,(H2,42,44)(H,47,48);5H,1-4,7-8H2,(H,9,10);;/q;;+1;-1. The smallest absolute Gasteiger partial charge is 1.00 e. The fraction of sp³-hybridized carbons (Fsp3) is 0.894. The van der Waals surface area contributed by atoms with Crippen molar-refractivity contribution in [2.75, 3.05) is 6.54 Å². The molecule has 0 saturated heterocycles. The van der Waals surface area contributed by atoms with E-state index in [1.807, 2.05) is 0 Å². The number of hydrogen-bond donors (Lipinski definition) is 5. The van der Waals surface area contributed by atoms with Crippen molar-refractivity contribution in [2.24, 2.45) is 17.2 Å². The van der Waals surface area contributed by atoms with E-state index in [0.29, 0.717) is 25.8 Å². The monoisotopic (exact) mass is 849 g/mol. The zero-order valence-electron chi connectivity index (χ0n) is 39.6. The van der Waals surface area contributed by atoms with Crippen LogP contribution in [0.15, 0.2) is 0 Å². The van der Waals surface area contributed by atoms with E-state index >= 15 is 0 Å². The van der Waals surface area contributed by atoms with Crippen LogP contribution in [0.25, 0.3) is 0 Å². The van der Waals surface area contributed by atoms with E-state index in [1.54, 1.807) is 0 Å². The number of aliphatic carboxylic acids is 2. The normalized spacial score (nSPS) is 11.9. The fourth-order valence-electron chi connectivity index (χ4n) is 7.30. The quantitative estimate of drug-likeness (QED) is 0.0296. The van der Waals surface area contributed by atoms with Gasteiger partial charge in [0, 0.05) is 19.3 Å². The number of carboxylic acid groups (broad SMARTS) is 2. The SMILES string of the molecule is CCCCCCCCCCCCCCCCCC(=O)N(C(=O)CCCCCCCCCCCCCCCCC)C(CCC(N)=O)C(=O)O.NCCCCC(N)C(=O)O.[H-].[Na+]. The third kappa shape index (κ3) is 42.9. The van der Waals surface area contributed by atoms with E-state index in [-0.39, 0.29) is 56.7 Å². The summed E-state index contributed by atoms with van der Waals surface area (Å²) in [5, 5.41) is 18.2. The largest absolute Gasteiger partial charge is 1.00 e. The minimum absolute atomic E-state index is 0. The van der Waals surface area contributed by atoms with Crippen LogP contribution in [0.3, 0.4) is 0 Å². The zero-order chi connectivity index (χ0) is 43.5. The van der Waals surface area contributed by atoms with E-state index in [9.17, 15) is 29.1 Å². The maximum absolute atomic E-state index is 13.2. The van der Waals surface area contributed by atoms with Gasteiger partial charge in [0.2, 0.25) is 17.7 Å². The Labute approximate surface area is 385 Å². The van der Waals surface area contributed by atoms with Gasteiger partial charge in [0.05, 0.1) is 0 Å². The van der Waals surface area contributed by atoms with Crippen LogP contribution >= 0.6 is 0 Å². The minimum atomic E-state index is -1.34. The Hall–Kier alpha value is -1.53. The topological polar surface area (TPSA) is 207 Å². The molecule has 0 aromatic rings. The van der Waals surface area contributed by atoms with Gasteiger partial charge < -0.3 is 28.8 Å². The van der Waals surface area contributed by atoms with Crippen LogP contribution in [0.5, 0.6) is 0 Å². The number of carbonyl (C=O) groups excluding carboxylic acids is 3. The Kier molecular flexibility index (Phi) is 49.7. The molecule has 2 atom stereocenters. The van der Waals surface area contributed by atoms with Gasteiger partial charge in [-0.2, -0.15) is 0 Å². The molecule has 11 nitrogen and oxygen atoms in total. The molecular weight excluding hydrogens is 756 g/mol. The second-order valence-corrected chi connectivity index (χ2v) is 16.6. The summed E-state index contributed by atoms with van der Waals surface area (Å²) in [6.45, 7) is 5.11. The zero-order valence-corrected chi connectivity index (χ0v) is 40.6. The number of carboxylic acids is 2. The molecule has 0 heterocycles. The molecule has 0 aromatic heterocycles. The van der Waals surface area contributed by atoms with Crippen molar-refractivity contribution in [3.05, 3.63) is 0 Å². The third-order valence-corrected chi connectivity index (χ3v) is 11.1. The molecule has 59 heavy (non-hydrogen) atoms. The molecule has 12 heteroatoms. The first-order valence-corrected chi connectivity index (χ1v) is 24.1. The van der Waals surface area contributed by atoms with Gasteiger partial charge in [-0.1, -0.05) is 200 Å². The Morgan fingerprint density at radius 3 is 1.02 bits per heavy atom. The van der Waals surface area contributed by atoms with Crippen LogP contribution in [-0.4, -0.2) is 63.4 Å². The molecule has 2 unspecified atom stereocenters. The summed E-state index contributed by atoms with van der Waals surface area (Å²) in [5.74, 6) is -3.70. The van der Waals surface area contributed by atoms with Crippen LogP contribution in [0, 0.1) is 0 Å². The molecule has 0 bridgehead atoms. The summed E-state index contributed by atoms with van der Waals surface area (Å²) in [7, 11) is 0. The van der Waals surface area contributed by atoms with E-state index < -0.39 is 41.7 Å². The van der Waals surface area contributed by atoms with Crippen molar-refractivity contribution in [3.8, 4) is 0 Å². The molecular formula is C47H93N4NaO7. The average Bonchev–Trinajstić information content (AvgIpc) is 3.19. The number of amides is 3. The number of hydrogen-bond acceptors (Lipinski definition) is 7. The number of nitrogens with zero attached hydrogens (tertiary/aromatic N) is 1. The first-order valence-electron chi connectivity index (χ1n) is 24.1. The first kappa shape index (κ1) is 61.8. The van der Waals surface area contributed by atoms with Gasteiger partial charge >= 0.3 is 41.5 Å². The molecule has 3 amide bonds. The number of rotatable bonds is 42. The van der Waals surface area contributed by atoms with Gasteiger partial charge in [-0.3, -0.25) is 24.1 Å². The number of imide groups is 1. The van der Waals surface area contributed by atoms with E-state index in [2.05, 4.69) is 13.8 Å². The van der Waals surface area contributed by atoms with Gasteiger partial charge in [-0.05, 0) is 38.6 Å². The Balaban J connectivity index is -0.00000115. The third-order valence-electron chi connectivity index (χ3n) is 11.1. The summed E-state index contributed by atoms with van der Waals surface area (Å²) >= 11 is 0. The number of carbonyl (C=O) groups is 5. The maximum Gasteiger partial charge on any atom is 1.00 e. The van der Waals surface area contributed by atoms with Gasteiger partial charge in [0.15, 0.2) is 0 Å². The number of primary amides is 1. The number of unbranched alkanes of at least 4 members (excludes halogenated alkanes) is 29. The molecule has 0 spiro atoms.